The number of hydrogen-bond donors (Lipinski definition) is 2. The third-order valence-electron chi connectivity index (χ3n) is 7.64. The number of nitrogens with one attached hydrogen (secondary N) is 2. The van der Waals surface area contributed by atoms with Crippen molar-refractivity contribution in [2.45, 2.75) is 26.4 Å². The second-order valence-electron chi connectivity index (χ2n) is 10.3. The van der Waals surface area contributed by atoms with Crippen LogP contribution in [0.5, 0.6) is 0 Å². The number of H-pyrrole nitrogens is 1. The highest BCUT2D eigenvalue weighted by Crippen LogP contribution is 2.26. The Bertz CT molecular complexity index is 2260. The molecular formula is C32H25BrN6O3S. The summed E-state index contributed by atoms with van der Waals surface area (Å²) in [6.07, 6.45) is 2.57. The van der Waals surface area contributed by atoms with Crippen LogP contribution in [0.15, 0.2) is 99.1 Å². The van der Waals surface area contributed by atoms with E-state index < -0.39 is 0 Å². The first-order valence-electron chi connectivity index (χ1n) is 13.7. The summed E-state index contributed by atoms with van der Waals surface area (Å²) in [4.78, 5) is 49.0. The predicted molar refractivity (Wildman–Crippen MR) is 174 cm³/mol. The Morgan fingerprint density at radius 3 is 2.60 bits per heavy atom. The highest BCUT2D eigenvalue weighted by atomic mass is 79.9. The number of rotatable bonds is 7. The Balaban J connectivity index is 1.33. The van der Waals surface area contributed by atoms with Gasteiger partial charge in [-0.1, -0.05) is 57.6 Å². The molecule has 0 saturated heterocycles. The number of carbonyl (C=O) groups excluding carboxylic acids is 1. The van der Waals surface area contributed by atoms with Crippen molar-refractivity contribution in [3.05, 3.63) is 121 Å². The Labute approximate surface area is 257 Å². The van der Waals surface area contributed by atoms with Gasteiger partial charge < -0.3 is 14.9 Å². The number of nitrogens with zero attached hydrogens (tertiary/aromatic N) is 4. The minimum Gasteiger partial charge on any atom is -0.361 e. The molecule has 11 heteroatoms. The number of halogens is 1. The summed E-state index contributed by atoms with van der Waals surface area (Å²) in [5.41, 5.74) is 3.87. The zero-order chi connectivity index (χ0) is 29.7. The van der Waals surface area contributed by atoms with Crippen molar-refractivity contribution in [2.75, 3.05) is 5.32 Å². The van der Waals surface area contributed by atoms with E-state index in [0.717, 1.165) is 31.2 Å². The maximum absolute atomic E-state index is 14.1. The smallest absolute Gasteiger partial charge is 0.283 e. The number of fused-ring (bicyclic) bond motifs is 3. The van der Waals surface area contributed by atoms with Crippen molar-refractivity contribution < 1.29 is 4.79 Å². The average Bonchev–Trinajstić information content (AvgIpc) is 3.68. The second kappa shape index (κ2) is 10.8. The van der Waals surface area contributed by atoms with Crippen LogP contribution in [0.25, 0.3) is 37.2 Å². The van der Waals surface area contributed by atoms with E-state index in [2.05, 4.69) is 32.3 Å². The number of benzene rings is 3. The van der Waals surface area contributed by atoms with E-state index >= 15 is 0 Å². The lowest BCUT2D eigenvalue weighted by Crippen LogP contribution is -2.27. The topological polar surface area (TPSA) is 107 Å². The fourth-order valence-corrected chi connectivity index (χ4v) is 6.80. The summed E-state index contributed by atoms with van der Waals surface area (Å²) < 4.78 is 6.42. The van der Waals surface area contributed by atoms with Crippen molar-refractivity contribution in [3.63, 3.8) is 0 Å². The molecule has 0 saturated carbocycles. The molecule has 4 aromatic heterocycles. The quantitative estimate of drug-likeness (QED) is 0.220. The minimum atomic E-state index is -0.338. The molecule has 7 aromatic rings. The van der Waals surface area contributed by atoms with E-state index in [0.29, 0.717) is 40.4 Å². The molecular weight excluding hydrogens is 628 g/mol. The first-order valence-corrected chi connectivity index (χ1v) is 15.3. The molecule has 1 amide bonds. The molecule has 0 aliphatic heterocycles. The summed E-state index contributed by atoms with van der Waals surface area (Å²) in [7, 11) is 0. The number of anilines is 1. The van der Waals surface area contributed by atoms with Crippen LogP contribution in [0.4, 0.5) is 5.69 Å². The fourth-order valence-electron chi connectivity index (χ4n) is 5.56. The molecule has 0 fully saturated rings. The van der Waals surface area contributed by atoms with Gasteiger partial charge in [0.05, 0.1) is 21.1 Å². The fraction of sp³-hybridized carbons (Fsp3) is 0.125. The van der Waals surface area contributed by atoms with Gasteiger partial charge in [0.2, 0.25) is 11.0 Å². The lowest BCUT2D eigenvalue weighted by Gasteiger charge is -2.13. The highest BCUT2D eigenvalue weighted by Gasteiger charge is 2.23. The minimum absolute atomic E-state index is 0.192. The Kier molecular flexibility index (Phi) is 6.83. The molecule has 0 bridgehead atoms. The molecule has 0 spiro atoms. The summed E-state index contributed by atoms with van der Waals surface area (Å²) in [6, 6.07) is 24.4. The molecule has 9 nitrogen and oxygen atoms in total. The molecule has 0 atom stereocenters. The third-order valence-corrected chi connectivity index (χ3v) is 9.18. The molecule has 43 heavy (non-hydrogen) atoms. The number of pyridine rings is 1. The summed E-state index contributed by atoms with van der Waals surface area (Å²) in [6.45, 7) is 2.00. The van der Waals surface area contributed by atoms with Crippen LogP contribution in [0, 0.1) is 6.92 Å². The molecule has 0 aliphatic rings. The van der Waals surface area contributed by atoms with E-state index in [9.17, 15) is 14.4 Å². The van der Waals surface area contributed by atoms with Gasteiger partial charge in [0.1, 0.15) is 6.54 Å². The highest BCUT2D eigenvalue weighted by molar-refractivity contribution is 9.10. The number of aryl methyl sites for hydroxylation is 2. The van der Waals surface area contributed by atoms with Crippen LogP contribution in [0.1, 0.15) is 11.3 Å². The van der Waals surface area contributed by atoms with E-state index in [1.165, 1.54) is 22.1 Å². The molecule has 4 heterocycles. The second-order valence-corrected chi connectivity index (χ2v) is 12.2. The number of aromatic amines is 1. The Morgan fingerprint density at radius 1 is 1.02 bits per heavy atom. The van der Waals surface area contributed by atoms with Gasteiger partial charge in [-0.3, -0.25) is 19.1 Å². The van der Waals surface area contributed by atoms with Crippen LogP contribution >= 0.6 is 27.3 Å². The largest absolute Gasteiger partial charge is 0.361 e. The molecule has 2 N–H and O–H groups in total. The number of hydrogen-bond acceptors (Lipinski definition) is 5. The molecule has 0 aliphatic carbocycles. The van der Waals surface area contributed by atoms with Crippen molar-refractivity contribution in [1.82, 2.24) is 23.9 Å². The van der Waals surface area contributed by atoms with E-state index in [4.69, 9.17) is 4.98 Å². The zero-order valence-corrected chi connectivity index (χ0v) is 25.4. The van der Waals surface area contributed by atoms with Crippen molar-refractivity contribution in [3.8, 4) is 5.13 Å². The van der Waals surface area contributed by atoms with Crippen molar-refractivity contribution in [1.29, 1.82) is 0 Å². The first-order chi connectivity index (χ1) is 20.9. The maximum atomic E-state index is 14.1. The van der Waals surface area contributed by atoms with Crippen molar-refractivity contribution >= 4 is 70.9 Å². The average molecular weight is 654 g/mol. The Morgan fingerprint density at radius 2 is 1.79 bits per heavy atom. The predicted octanol–water partition coefficient (Wildman–Crippen LogP) is 6.00. The van der Waals surface area contributed by atoms with E-state index in [1.54, 1.807) is 28.3 Å². The SMILES string of the molecule is Cc1c2c(=O)n(-c3nc4ccccc4s3)n(CC(=O)Nc3ccc(Br)cc3)c2cc(=O)n1CCc1c[nH]c2ccccc12. The standard InChI is InChI=1S/C32H25BrN6O3S/c1-19-30-26(16-29(41)37(19)15-14-20-17-34-24-7-3-2-6-23(20)24)38(18-28(40)35-22-12-10-21(33)11-13-22)39(31(30)42)32-36-25-8-4-5-9-27(25)43-32/h2-13,16-17,34H,14-15,18H2,1H3,(H,35,40). The van der Waals surface area contributed by atoms with Crippen molar-refractivity contribution in [2.24, 2.45) is 0 Å². The Hall–Kier alpha value is -4.74. The van der Waals surface area contributed by atoms with Gasteiger partial charge >= 0.3 is 0 Å². The summed E-state index contributed by atoms with van der Waals surface area (Å²) in [5.74, 6) is -0.338. The number of aromatic nitrogens is 5. The number of amides is 1. The molecule has 0 unspecified atom stereocenters. The summed E-state index contributed by atoms with van der Waals surface area (Å²) >= 11 is 4.76. The summed E-state index contributed by atoms with van der Waals surface area (Å²) in [5, 5.41) is 4.81. The molecule has 0 radical (unpaired) electrons. The van der Waals surface area contributed by atoms with Gasteiger partial charge in [-0.25, -0.2) is 4.98 Å². The maximum Gasteiger partial charge on any atom is 0.283 e. The van der Waals surface area contributed by atoms with Gasteiger partial charge in [0.25, 0.3) is 11.1 Å². The van der Waals surface area contributed by atoms with Crippen LogP contribution in [-0.4, -0.2) is 29.8 Å². The van der Waals surface area contributed by atoms with Gasteiger partial charge in [0, 0.05) is 45.6 Å². The molecule has 214 valence electrons. The van der Waals surface area contributed by atoms with Gasteiger partial charge in [-0.15, -0.1) is 0 Å². The van der Waals surface area contributed by atoms with Crippen LogP contribution in [0.2, 0.25) is 0 Å². The third kappa shape index (κ3) is 4.90. The van der Waals surface area contributed by atoms with Crippen LogP contribution < -0.4 is 16.4 Å². The monoisotopic (exact) mass is 652 g/mol. The number of thiazole rings is 1. The van der Waals surface area contributed by atoms with E-state index in [-0.39, 0.29) is 23.6 Å². The van der Waals surface area contributed by atoms with E-state index in [1.807, 2.05) is 60.8 Å². The lowest BCUT2D eigenvalue weighted by atomic mass is 10.1. The van der Waals surface area contributed by atoms with Crippen LogP contribution in [-0.2, 0) is 24.3 Å². The lowest BCUT2D eigenvalue weighted by molar-refractivity contribution is -0.116. The van der Waals surface area contributed by atoms with Gasteiger partial charge in [0.15, 0.2) is 0 Å². The first kappa shape index (κ1) is 27.1. The zero-order valence-electron chi connectivity index (χ0n) is 23.0. The van der Waals surface area contributed by atoms with Crippen LogP contribution in [0.3, 0.4) is 0 Å². The molecule has 3 aromatic carbocycles. The normalized spacial score (nSPS) is 11.6. The number of para-hydroxylation sites is 2. The molecule has 7 rings (SSSR count). The van der Waals surface area contributed by atoms with Gasteiger partial charge in [-0.2, -0.15) is 4.68 Å². The number of carbonyl (C=O) groups is 1. The van der Waals surface area contributed by atoms with Gasteiger partial charge in [-0.05, 0) is 61.4 Å².